The lowest BCUT2D eigenvalue weighted by molar-refractivity contribution is -0.131. The third-order valence-corrected chi connectivity index (χ3v) is 8.16. The summed E-state index contributed by atoms with van der Waals surface area (Å²) >= 11 is 0. The largest absolute Gasteiger partial charge is 0.487 e. The Labute approximate surface area is 202 Å². The van der Waals surface area contributed by atoms with Gasteiger partial charge in [-0.25, -0.2) is 8.42 Å². The monoisotopic (exact) mass is 486 g/mol. The second-order valence-electron chi connectivity index (χ2n) is 8.82. The lowest BCUT2D eigenvalue weighted by atomic mass is 10.0. The van der Waals surface area contributed by atoms with Crippen molar-refractivity contribution in [3.05, 3.63) is 59.7 Å². The predicted molar refractivity (Wildman–Crippen MR) is 134 cm³/mol. The van der Waals surface area contributed by atoms with Crippen molar-refractivity contribution in [2.45, 2.75) is 44.2 Å². The van der Waals surface area contributed by atoms with Crippen LogP contribution in [0.5, 0.6) is 5.75 Å². The Bertz CT molecular complexity index is 1120. The van der Waals surface area contributed by atoms with E-state index >= 15 is 0 Å². The zero-order valence-corrected chi connectivity index (χ0v) is 21.0. The van der Waals surface area contributed by atoms with Gasteiger partial charge in [-0.15, -0.1) is 0 Å². The fourth-order valence-electron chi connectivity index (χ4n) is 3.96. The van der Waals surface area contributed by atoms with E-state index in [2.05, 4.69) is 0 Å². The molecule has 184 valence electrons. The minimum atomic E-state index is -3.90. The smallest absolute Gasteiger partial charge is 0.247 e. The van der Waals surface area contributed by atoms with Gasteiger partial charge in [0, 0.05) is 32.0 Å². The molecule has 2 aromatic rings. The van der Waals surface area contributed by atoms with Crippen molar-refractivity contribution in [2.24, 2.45) is 5.92 Å². The number of sulfonamides is 1. The number of carbonyl (C=O) groups is 1. The first-order valence-corrected chi connectivity index (χ1v) is 13.0. The molecule has 34 heavy (non-hydrogen) atoms. The van der Waals surface area contributed by atoms with E-state index in [0.29, 0.717) is 13.0 Å². The number of hydrogen-bond acceptors (Lipinski definition) is 5. The summed E-state index contributed by atoms with van der Waals surface area (Å²) < 4.78 is 34.7. The number of ether oxygens (including phenoxy) is 1. The molecule has 1 amide bonds. The quantitative estimate of drug-likeness (QED) is 0.606. The Balaban J connectivity index is 2.04. The van der Waals surface area contributed by atoms with Crippen LogP contribution in [0.2, 0.25) is 0 Å². The van der Waals surface area contributed by atoms with E-state index in [4.69, 9.17) is 4.74 Å². The van der Waals surface area contributed by atoms with Crippen molar-refractivity contribution < 1.29 is 23.1 Å². The van der Waals surface area contributed by atoms with Gasteiger partial charge in [-0.3, -0.25) is 4.79 Å². The maximum atomic E-state index is 13.5. The van der Waals surface area contributed by atoms with Crippen LogP contribution in [-0.2, 0) is 14.8 Å². The summed E-state index contributed by atoms with van der Waals surface area (Å²) in [4.78, 5) is 13.9. The molecule has 3 rings (SSSR count). The summed E-state index contributed by atoms with van der Waals surface area (Å²) in [7, 11) is -2.17. The standard InChI is InChI=1S/C26H34N2O5S/c1-5-26(30)27(4)17-24-19(2)16-28(20(3)18-29)34(31,32)25-14-13-22(15-23(25)33-24)12-11-21-9-7-6-8-10-21/h6-15,19-20,24,29H,5,16-18H2,1-4H3/b12-11+/t19-,20+,24+/m0/s1. The van der Waals surface area contributed by atoms with E-state index < -0.39 is 22.2 Å². The number of hydrogen-bond donors (Lipinski definition) is 1. The molecule has 0 aromatic heterocycles. The average molecular weight is 487 g/mol. The third kappa shape index (κ3) is 5.87. The van der Waals surface area contributed by atoms with Gasteiger partial charge in [-0.1, -0.05) is 62.4 Å². The lowest BCUT2D eigenvalue weighted by Gasteiger charge is -2.37. The van der Waals surface area contributed by atoms with E-state index in [0.717, 1.165) is 11.1 Å². The first kappa shape index (κ1) is 25.9. The van der Waals surface area contributed by atoms with Crippen LogP contribution in [0.25, 0.3) is 12.2 Å². The van der Waals surface area contributed by atoms with Crippen LogP contribution in [0.15, 0.2) is 53.4 Å². The van der Waals surface area contributed by atoms with Gasteiger partial charge in [-0.05, 0) is 30.2 Å². The first-order valence-electron chi connectivity index (χ1n) is 11.6. The molecule has 0 unspecified atom stereocenters. The number of benzene rings is 2. The van der Waals surface area contributed by atoms with Crippen LogP contribution in [0.4, 0.5) is 0 Å². The number of nitrogens with zero attached hydrogens (tertiary/aromatic N) is 2. The minimum absolute atomic E-state index is 0.00849. The molecule has 3 atom stereocenters. The molecule has 1 N–H and O–H groups in total. The Morgan fingerprint density at radius 3 is 2.53 bits per heavy atom. The summed E-state index contributed by atoms with van der Waals surface area (Å²) in [6, 6.07) is 14.2. The Kier molecular flexibility index (Phi) is 8.52. The number of fused-ring (bicyclic) bond motifs is 1. The zero-order valence-electron chi connectivity index (χ0n) is 20.2. The van der Waals surface area contributed by atoms with Gasteiger partial charge in [0.25, 0.3) is 0 Å². The molecule has 1 aliphatic heterocycles. The van der Waals surface area contributed by atoms with E-state index in [1.165, 1.54) is 4.31 Å². The molecule has 8 heteroatoms. The van der Waals surface area contributed by atoms with Gasteiger partial charge < -0.3 is 14.7 Å². The average Bonchev–Trinajstić information content (AvgIpc) is 2.84. The van der Waals surface area contributed by atoms with Crippen LogP contribution < -0.4 is 4.74 Å². The van der Waals surface area contributed by atoms with Crippen LogP contribution in [0, 0.1) is 5.92 Å². The Morgan fingerprint density at radius 2 is 1.88 bits per heavy atom. The summed E-state index contributed by atoms with van der Waals surface area (Å²) in [5, 5.41) is 9.75. The highest BCUT2D eigenvalue weighted by molar-refractivity contribution is 7.89. The van der Waals surface area contributed by atoms with E-state index in [9.17, 15) is 18.3 Å². The minimum Gasteiger partial charge on any atom is -0.487 e. The molecule has 0 saturated heterocycles. The molecular weight excluding hydrogens is 452 g/mol. The van der Waals surface area contributed by atoms with Crippen LogP contribution in [0.1, 0.15) is 38.3 Å². The molecule has 0 radical (unpaired) electrons. The predicted octanol–water partition coefficient (Wildman–Crippen LogP) is 3.49. The molecule has 7 nitrogen and oxygen atoms in total. The molecule has 0 fully saturated rings. The summed E-state index contributed by atoms with van der Waals surface area (Å²) in [6.07, 6.45) is 3.82. The number of rotatable bonds is 7. The Hall–Kier alpha value is -2.68. The SMILES string of the molecule is CCC(=O)N(C)C[C@H]1Oc2cc(/C=C/c3ccccc3)ccc2S(=O)(=O)N([C@H](C)CO)C[C@@H]1C. The van der Waals surface area contributed by atoms with Gasteiger partial charge in [0.2, 0.25) is 15.9 Å². The van der Waals surface area contributed by atoms with Gasteiger partial charge in [0.1, 0.15) is 16.7 Å². The van der Waals surface area contributed by atoms with Crippen molar-refractivity contribution in [1.82, 2.24) is 9.21 Å². The molecule has 0 spiro atoms. The van der Waals surface area contributed by atoms with Crippen molar-refractivity contribution in [3.63, 3.8) is 0 Å². The summed E-state index contributed by atoms with van der Waals surface area (Å²) in [5.74, 6) is 0.0256. The fraction of sp³-hybridized carbons (Fsp3) is 0.423. The second-order valence-corrected chi connectivity index (χ2v) is 10.7. The first-order chi connectivity index (χ1) is 16.2. The Morgan fingerprint density at radius 1 is 1.21 bits per heavy atom. The number of aliphatic hydroxyl groups is 1. The second kappa shape index (κ2) is 11.2. The number of likely N-dealkylation sites (N-methyl/N-ethyl adjacent to an activating group) is 1. The van der Waals surface area contributed by atoms with Crippen LogP contribution in [-0.4, -0.2) is 67.5 Å². The fourth-order valence-corrected chi connectivity index (χ4v) is 5.79. The van der Waals surface area contributed by atoms with Crippen molar-refractivity contribution >= 4 is 28.1 Å². The van der Waals surface area contributed by atoms with Gasteiger partial charge >= 0.3 is 0 Å². The molecule has 0 saturated carbocycles. The van der Waals surface area contributed by atoms with Crippen LogP contribution >= 0.6 is 0 Å². The molecular formula is C26H34N2O5S. The lowest BCUT2D eigenvalue weighted by Crippen LogP contribution is -2.50. The van der Waals surface area contributed by atoms with Gasteiger partial charge in [0.05, 0.1) is 13.2 Å². The molecule has 0 bridgehead atoms. The van der Waals surface area contributed by atoms with Crippen molar-refractivity contribution in [2.75, 3.05) is 26.7 Å². The molecule has 1 aliphatic rings. The normalized spacial score (nSPS) is 21.2. The number of amides is 1. The molecule has 0 aliphatic carbocycles. The highest BCUT2D eigenvalue weighted by Crippen LogP contribution is 2.34. The topological polar surface area (TPSA) is 87.2 Å². The summed E-state index contributed by atoms with van der Waals surface area (Å²) in [5.41, 5.74) is 1.82. The molecule has 2 aromatic carbocycles. The van der Waals surface area contributed by atoms with E-state index in [1.54, 1.807) is 44.0 Å². The van der Waals surface area contributed by atoms with Crippen molar-refractivity contribution in [3.8, 4) is 5.75 Å². The van der Waals surface area contributed by atoms with Gasteiger partial charge in [0.15, 0.2) is 0 Å². The third-order valence-electron chi connectivity index (χ3n) is 6.14. The van der Waals surface area contributed by atoms with Crippen LogP contribution in [0.3, 0.4) is 0 Å². The molecule has 1 heterocycles. The zero-order chi connectivity index (χ0) is 24.9. The number of carbonyl (C=O) groups excluding carboxylic acids is 1. The highest BCUT2D eigenvalue weighted by Gasteiger charge is 2.38. The van der Waals surface area contributed by atoms with Gasteiger partial charge in [-0.2, -0.15) is 4.31 Å². The maximum Gasteiger partial charge on any atom is 0.247 e. The van der Waals surface area contributed by atoms with E-state index in [1.807, 2.05) is 49.4 Å². The number of aliphatic hydroxyl groups excluding tert-OH is 1. The summed E-state index contributed by atoms with van der Waals surface area (Å²) in [6.45, 7) is 5.62. The van der Waals surface area contributed by atoms with E-state index in [-0.39, 0.29) is 35.6 Å². The maximum absolute atomic E-state index is 13.5. The van der Waals surface area contributed by atoms with Crippen molar-refractivity contribution in [1.29, 1.82) is 0 Å². The highest BCUT2D eigenvalue weighted by atomic mass is 32.2.